The van der Waals surface area contributed by atoms with Gasteiger partial charge in [-0.3, -0.25) is 19.7 Å². The van der Waals surface area contributed by atoms with E-state index in [1.165, 1.54) is 25.0 Å². The van der Waals surface area contributed by atoms with Gasteiger partial charge in [0.1, 0.15) is 6.04 Å². The van der Waals surface area contributed by atoms with Gasteiger partial charge in [0.15, 0.2) is 0 Å². The number of anilines is 1. The summed E-state index contributed by atoms with van der Waals surface area (Å²) >= 11 is 0. The summed E-state index contributed by atoms with van der Waals surface area (Å²) in [7, 11) is 0. The predicted molar refractivity (Wildman–Crippen MR) is 129 cm³/mol. The fourth-order valence-electron chi connectivity index (χ4n) is 5.09. The first kappa shape index (κ1) is 23.7. The second-order valence-corrected chi connectivity index (χ2v) is 9.10. The molecule has 4 N–H and O–H groups in total. The van der Waals surface area contributed by atoms with Gasteiger partial charge >= 0.3 is 0 Å². The Labute approximate surface area is 198 Å². The first-order valence-electron chi connectivity index (χ1n) is 11.8. The summed E-state index contributed by atoms with van der Waals surface area (Å²) in [6.45, 7) is 3.44. The number of nitro groups is 1. The normalized spacial score (nSPS) is 18.3. The van der Waals surface area contributed by atoms with Crippen LogP contribution in [0.1, 0.15) is 47.6 Å². The van der Waals surface area contributed by atoms with Crippen LogP contribution in [0.2, 0.25) is 0 Å². The summed E-state index contributed by atoms with van der Waals surface area (Å²) in [6, 6.07) is 11.9. The Bertz CT molecular complexity index is 1030. The maximum atomic E-state index is 13.6. The van der Waals surface area contributed by atoms with Gasteiger partial charge in [-0.15, -0.1) is 0 Å². The van der Waals surface area contributed by atoms with Crippen LogP contribution in [0.3, 0.4) is 0 Å². The summed E-state index contributed by atoms with van der Waals surface area (Å²) in [4.78, 5) is 39.0. The first-order valence-corrected chi connectivity index (χ1v) is 11.8. The SMILES string of the molecule is Nc1ccc([N+](=O)[O-])cc1C(=O)NC(C(=O)N1CCC(C2CCNCC2)CC1)c1ccccc1. The second kappa shape index (κ2) is 10.6. The highest BCUT2D eigenvalue weighted by atomic mass is 16.6. The number of carbonyl (C=O) groups excluding carboxylic acids is 2. The van der Waals surface area contributed by atoms with Crippen LogP contribution in [-0.2, 0) is 4.79 Å². The summed E-state index contributed by atoms with van der Waals surface area (Å²) in [5.74, 6) is 0.542. The summed E-state index contributed by atoms with van der Waals surface area (Å²) < 4.78 is 0. The maximum Gasteiger partial charge on any atom is 0.270 e. The molecule has 0 radical (unpaired) electrons. The Morgan fingerprint density at radius 3 is 2.32 bits per heavy atom. The summed E-state index contributed by atoms with van der Waals surface area (Å²) in [6.07, 6.45) is 4.30. The van der Waals surface area contributed by atoms with Crippen LogP contribution in [0.4, 0.5) is 11.4 Å². The largest absolute Gasteiger partial charge is 0.398 e. The van der Waals surface area contributed by atoms with Crippen molar-refractivity contribution in [1.82, 2.24) is 15.5 Å². The molecular formula is C25H31N5O4. The smallest absolute Gasteiger partial charge is 0.270 e. The maximum absolute atomic E-state index is 13.6. The number of nitro benzene ring substituents is 1. The summed E-state index contributed by atoms with van der Waals surface area (Å²) in [5.41, 5.74) is 6.45. The van der Waals surface area contributed by atoms with E-state index in [-0.39, 0.29) is 22.8 Å². The third-order valence-corrected chi connectivity index (χ3v) is 7.05. The van der Waals surface area contributed by atoms with Crippen LogP contribution in [-0.4, -0.2) is 47.8 Å². The van der Waals surface area contributed by atoms with E-state index in [0.717, 1.165) is 32.0 Å². The Hall–Kier alpha value is -3.46. The topological polar surface area (TPSA) is 131 Å². The molecule has 2 amide bonds. The average molecular weight is 466 g/mol. The molecule has 4 rings (SSSR count). The molecule has 2 aromatic carbocycles. The van der Waals surface area contributed by atoms with Gasteiger partial charge < -0.3 is 21.3 Å². The van der Waals surface area contributed by atoms with E-state index in [9.17, 15) is 19.7 Å². The van der Waals surface area contributed by atoms with E-state index in [0.29, 0.717) is 30.5 Å². The molecule has 0 spiro atoms. The molecule has 9 nitrogen and oxygen atoms in total. The van der Waals surface area contributed by atoms with E-state index < -0.39 is 16.9 Å². The number of nitrogens with one attached hydrogen (secondary N) is 2. The third kappa shape index (κ3) is 5.36. The van der Waals surface area contributed by atoms with Crippen molar-refractivity contribution in [3.63, 3.8) is 0 Å². The Morgan fingerprint density at radius 1 is 1.03 bits per heavy atom. The van der Waals surface area contributed by atoms with Crippen molar-refractivity contribution in [3.05, 3.63) is 69.8 Å². The summed E-state index contributed by atoms with van der Waals surface area (Å²) in [5, 5.41) is 17.4. The number of rotatable bonds is 6. The number of nitrogens with zero attached hydrogens (tertiary/aromatic N) is 2. The van der Waals surface area contributed by atoms with Gasteiger partial charge in [0.25, 0.3) is 11.6 Å². The predicted octanol–water partition coefficient (Wildman–Crippen LogP) is 2.89. The number of hydrogen-bond donors (Lipinski definition) is 3. The van der Waals surface area contributed by atoms with Crippen molar-refractivity contribution in [2.75, 3.05) is 31.9 Å². The second-order valence-electron chi connectivity index (χ2n) is 9.10. The van der Waals surface area contributed by atoms with Crippen LogP contribution in [0, 0.1) is 22.0 Å². The van der Waals surface area contributed by atoms with Crippen LogP contribution in [0.25, 0.3) is 0 Å². The number of piperidine rings is 2. The lowest BCUT2D eigenvalue weighted by Crippen LogP contribution is -2.47. The molecule has 2 aliphatic rings. The van der Waals surface area contributed by atoms with Gasteiger partial charge in [-0.05, 0) is 62.2 Å². The molecule has 1 unspecified atom stereocenters. The van der Waals surface area contributed by atoms with Crippen LogP contribution >= 0.6 is 0 Å². The van der Waals surface area contributed by atoms with E-state index in [1.54, 1.807) is 12.1 Å². The molecule has 0 aliphatic carbocycles. The van der Waals surface area contributed by atoms with E-state index in [4.69, 9.17) is 5.73 Å². The van der Waals surface area contributed by atoms with E-state index >= 15 is 0 Å². The van der Waals surface area contributed by atoms with E-state index in [2.05, 4.69) is 10.6 Å². The number of carbonyl (C=O) groups is 2. The first-order chi connectivity index (χ1) is 16.4. The van der Waals surface area contributed by atoms with Crippen molar-refractivity contribution in [2.45, 2.75) is 31.7 Å². The van der Waals surface area contributed by atoms with Crippen LogP contribution in [0.5, 0.6) is 0 Å². The van der Waals surface area contributed by atoms with Crippen molar-refractivity contribution < 1.29 is 14.5 Å². The molecule has 2 fully saturated rings. The number of non-ortho nitro benzene ring substituents is 1. The fourth-order valence-corrected chi connectivity index (χ4v) is 5.09. The molecule has 0 saturated carbocycles. The number of amides is 2. The molecule has 180 valence electrons. The lowest BCUT2D eigenvalue weighted by molar-refractivity contribution is -0.384. The van der Waals surface area contributed by atoms with Crippen molar-refractivity contribution in [2.24, 2.45) is 11.8 Å². The highest BCUT2D eigenvalue weighted by Crippen LogP contribution is 2.32. The average Bonchev–Trinajstić information content (AvgIpc) is 2.88. The Morgan fingerprint density at radius 2 is 1.68 bits per heavy atom. The fraction of sp³-hybridized carbons (Fsp3) is 0.440. The quantitative estimate of drug-likeness (QED) is 0.342. The van der Waals surface area contributed by atoms with Gasteiger partial charge in [0.2, 0.25) is 5.91 Å². The lowest BCUT2D eigenvalue weighted by Gasteiger charge is -2.39. The molecule has 2 aromatic rings. The molecule has 2 aliphatic heterocycles. The van der Waals surface area contributed by atoms with Crippen molar-refractivity contribution in [3.8, 4) is 0 Å². The van der Waals surface area contributed by atoms with Crippen LogP contribution < -0.4 is 16.4 Å². The van der Waals surface area contributed by atoms with Gasteiger partial charge in [-0.1, -0.05) is 30.3 Å². The van der Waals surface area contributed by atoms with Crippen molar-refractivity contribution >= 4 is 23.2 Å². The molecule has 0 bridgehead atoms. The zero-order chi connectivity index (χ0) is 24.1. The number of nitrogens with two attached hydrogens (primary N) is 1. The Balaban J connectivity index is 1.50. The number of hydrogen-bond acceptors (Lipinski definition) is 6. The number of likely N-dealkylation sites (tertiary alicyclic amines) is 1. The molecule has 9 heteroatoms. The zero-order valence-corrected chi connectivity index (χ0v) is 19.1. The minimum absolute atomic E-state index is 0.0208. The van der Waals surface area contributed by atoms with Gasteiger partial charge in [-0.25, -0.2) is 0 Å². The van der Waals surface area contributed by atoms with Gasteiger partial charge in [0, 0.05) is 30.9 Å². The van der Waals surface area contributed by atoms with Crippen molar-refractivity contribution in [1.29, 1.82) is 0 Å². The van der Waals surface area contributed by atoms with Crippen LogP contribution in [0.15, 0.2) is 48.5 Å². The molecule has 2 saturated heterocycles. The Kier molecular flexibility index (Phi) is 7.42. The molecule has 0 aromatic heterocycles. The van der Waals surface area contributed by atoms with E-state index in [1.807, 2.05) is 23.1 Å². The minimum atomic E-state index is -0.900. The molecule has 34 heavy (non-hydrogen) atoms. The third-order valence-electron chi connectivity index (χ3n) is 7.05. The lowest BCUT2D eigenvalue weighted by atomic mass is 9.79. The highest BCUT2D eigenvalue weighted by molar-refractivity contribution is 6.02. The van der Waals surface area contributed by atoms with Gasteiger partial charge in [-0.2, -0.15) is 0 Å². The molecule has 2 heterocycles. The molecular weight excluding hydrogens is 434 g/mol. The highest BCUT2D eigenvalue weighted by Gasteiger charge is 2.33. The number of nitrogen functional groups attached to an aromatic ring is 1. The van der Waals surface area contributed by atoms with Gasteiger partial charge in [0.05, 0.1) is 10.5 Å². The standard InChI is InChI=1S/C25H31N5O4/c26-22-7-6-20(30(33)34)16-21(22)24(31)28-23(19-4-2-1-3-5-19)25(32)29-14-10-18(11-15-29)17-8-12-27-13-9-17/h1-7,16-18,23,27H,8-15,26H2,(H,28,31). The monoisotopic (exact) mass is 465 g/mol. The zero-order valence-electron chi connectivity index (χ0n) is 19.1. The molecule has 1 atom stereocenters. The minimum Gasteiger partial charge on any atom is -0.398 e. The number of benzene rings is 2.